The average molecular weight is 583 g/mol. The van der Waals surface area contributed by atoms with Gasteiger partial charge in [-0.05, 0) is 99.4 Å². The molecule has 2 saturated heterocycles. The highest BCUT2D eigenvalue weighted by Crippen LogP contribution is 2.39. The van der Waals surface area contributed by atoms with E-state index in [1.807, 2.05) is 18.2 Å². The Morgan fingerprint density at radius 3 is 2.23 bits per heavy atom. The van der Waals surface area contributed by atoms with Crippen molar-refractivity contribution in [2.24, 2.45) is 5.92 Å². The number of anilines is 3. The van der Waals surface area contributed by atoms with E-state index >= 15 is 4.39 Å². The number of aryl methyl sites for hydroxylation is 2. The van der Waals surface area contributed by atoms with Gasteiger partial charge in [0.2, 0.25) is 5.91 Å². The fourth-order valence-corrected chi connectivity index (χ4v) is 7.26. The lowest BCUT2D eigenvalue weighted by atomic mass is 9.83. The molecule has 2 aliphatic heterocycles. The fourth-order valence-electron chi connectivity index (χ4n) is 7.26. The minimum atomic E-state index is -0.527. The van der Waals surface area contributed by atoms with Crippen LogP contribution in [-0.2, 0) is 4.79 Å². The van der Waals surface area contributed by atoms with Gasteiger partial charge in [0.05, 0.1) is 17.5 Å². The molecule has 43 heavy (non-hydrogen) atoms. The van der Waals surface area contributed by atoms with Crippen molar-refractivity contribution >= 4 is 28.9 Å². The molecular formula is C36H43FN4O2. The summed E-state index contributed by atoms with van der Waals surface area (Å²) in [5.41, 5.74) is 5.74. The fraction of sp³-hybridized carbons (Fsp3) is 0.444. The van der Waals surface area contributed by atoms with Gasteiger partial charge in [0.15, 0.2) is 0 Å². The molecule has 1 saturated carbocycles. The highest BCUT2D eigenvalue weighted by molar-refractivity contribution is 5.98. The van der Waals surface area contributed by atoms with Crippen LogP contribution in [0.15, 0.2) is 60.7 Å². The van der Waals surface area contributed by atoms with Gasteiger partial charge < -0.3 is 20.4 Å². The zero-order chi connectivity index (χ0) is 29.9. The Kier molecular flexibility index (Phi) is 8.68. The van der Waals surface area contributed by atoms with Gasteiger partial charge in [-0.2, -0.15) is 0 Å². The summed E-state index contributed by atoms with van der Waals surface area (Å²) >= 11 is 0. The van der Waals surface area contributed by atoms with E-state index < -0.39 is 17.8 Å². The predicted molar refractivity (Wildman–Crippen MR) is 171 cm³/mol. The third-order valence-corrected chi connectivity index (χ3v) is 9.57. The molecule has 6 nitrogen and oxygen atoms in total. The molecule has 3 aromatic rings. The number of likely N-dealkylation sites (tertiary alicyclic amines) is 1. The SMILES string of the molecule is Cc1ccc(NC(=O)[C@H]2CCCN(C(=O)c3c(C)cccc3F)[C@H]2c2ccc(NC3CCCC3)cc2)cc1N1CCCC1. The van der Waals surface area contributed by atoms with Gasteiger partial charge in [-0.15, -0.1) is 0 Å². The van der Waals surface area contributed by atoms with Crippen LogP contribution in [0.4, 0.5) is 21.5 Å². The largest absolute Gasteiger partial charge is 0.382 e. The summed E-state index contributed by atoms with van der Waals surface area (Å²) in [4.78, 5) is 32.2. The van der Waals surface area contributed by atoms with Crippen molar-refractivity contribution in [1.82, 2.24) is 4.90 Å². The van der Waals surface area contributed by atoms with Crippen LogP contribution in [0.5, 0.6) is 0 Å². The number of hydrogen-bond donors (Lipinski definition) is 2. The Labute approximate surface area is 254 Å². The first kappa shape index (κ1) is 29.2. The van der Waals surface area contributed by atoms with E-state index in [-0.39, 0.29) is 17.4 Å². The van der Waals surface area contributed by atoms with Crippen molar-refractivity contribution in [3.8, 4) is 0 Å². The first-order valence-corrected chi connectivity index (χ1v) is 16.0. The molecule has 226 valence electrons. The topological polar surface area (TPSA) is 64.7 Å². The number of piperidine rings is 1. The molecule has 2 heterocycles. The first-order valence-electron chi connectivity index (χ1n) is 16.0. The van der Waals surface area contributed by atoms with E-state index in [9.17, 15) is 9.59 Å². The minimum Gasteiger partial charge on any atom is -0.382 e. The van der Waals surface area contributed by atoms with Crippen LogP contribution in [0.1, 0.15) is 84.5 Å². The molecule has 0 spiro atoms. The third kappa shape index (κ3) is 6.27. The number of nitrogens with one attached hydrogen (secondary N) is 2. The Morgan fingerprint density at radius 1 is 0.791 bits per heavy atom. The molecule has 2 atom stereocenters. The Bertz CT molecular complexity index is 1440. The highest BCUT2D eigenvalue weighted by atomic mass is 19.1. The highest BCUT2D eigenvalue weighted by Gasteiger charge is 2.40. The normalized spacial score (nSPS) is 20.8. The van der Waals surface area contributed by atoms with Crippen LogP contribution >= 0.6 is 0 Å². The van der Waals surface area contributed by atoms with Gasteiger partial charge in [-0.1, -0.05) is 43.2 Å². The van der Waals surface area contributed by atoms with Crippen molar-refractivity contribution < 1.29 is 14.0 Å². The Hall–Kier alpha value is -3.87. The monoisotopic (exact) mass is 582 g/mol. The van der Waals surface area contributed by atoms with Crippen LogP contribution in [-0.4, -0.2) is 42.4 Å². The number of carbonyl (C=O) groups excluding carboxylic acids is 2. The predicted octanol–water partition coefficient (Wildman–Crippen LogP) is 7.63. The zero-order valence-corrected chi connectivity index (χ0v) is 25.4. The summed E-state index contributed by atoms with van der Waals surface area (Å²) in [6.07, 6.45) is 8.53. The minimum absolute atomic E-state index is 0.0851. The molecular weight excluding hydrogens is 539 g/mol. The molecule has 0 unspecified atom stereocenters. The molecule has 0 radical (unpaired) electrons. The van der Waals surface area contributed by atoms with Crippen molar-refractivity contribution in [2.45, 2.75) is 77.3 Å². The summed E-state index contributed by atoms with van der Waals surface area (Å²) in [7, 11) is 0. The molecule has 1 aliphatic carbocycles. The van der Waals surface area contributed by atoms with E-state index in [2.05, 4.69) is 46.7 Å². The first-order chi connectivity index (χ1) is 20.9. The van der Waals surface area contributed by atoms with Gasteiger partial charge >= 0.3 is 0 Å². The second-order valence-corrected chi connectivity index (χ2v) is 12.6. The van der Waals surface area contributed by atoms with Crippen LogP contribution in [0, 0.1) is 25.6 Å². The molecule has 2 amide bonds. The van der Waals surface area contributed by atoms with Crippen molar-refractivity contribution in [3.63, 3.8) is 0 Å². The van der Waals surface area contributed by atoms with Crippen molar-refractivity contribution in [1.29, 1.82) is 0 Å². The summed E-state index contributed by atoms with van der Waals surface area (Å²) < 4.78 is 15.0. The number of nitrogens with zero attached hydrogens (tertiary/aromatic N) is 2. The van der Waals surface area contributed by atoms with Crippen LogP contribution in [0.25, 0.3) is 0 Å². The molecule has 3 aliphatic rings. The van der Waals surface area contributed by atoms with E-state index in [0.717, 1.165) is 35.7 Å². The molecule has 3 fully saturated rings. The summed E-state index contributed by atoms with van der Waals surface area (Å²) in [6.45, 7) is 6.39. The van der Waals surface area contributed by atoms with Gasteiger partial charge in [-0.25, -0.2) is 4.39 Å². The van der Waals surface area contributed by atoms with E-state index in [4.69, 9.17) is 0 Å². The maximum atomic E-state index is 15.0. The molecule has 2 N–H and O–H groups in total. The van der Waals surface area contributed by atoms with Gasteiger partial charge in [0, 0.05) is 42.7 Å². The van der Waals surface area contributed by atoms with Crippen molar-refractivity contribution in [3.05, 3.63) is 88.7 Å². The molecule has 6 rings (SSSR count). The lowest BCUT2D eigenvalue weighted by molar-refractivity contribution is -0.123. The molecule has 0 aromatic heterocycles. The smallest absolute Gasteiger partial charge is 0.257 e. The molecule has 3 aromatic carbocycles. The van der Waals surface area contributed by atoms with Gasteiger partial charge in [-0.3, -0.25) is 9.59 Å². The van der Waals surface area contributed by atoms with E-state index in [1.54, 1.807) is 24.0 Å². The number of carbonyl (C=O) groups is 2. The second-order valence-electron chi connectivity index (χ2n) is 12.6. The molecule has 7 heteroatoms. The second kappa shape index (κ2) is 12.8. The number of hydrogen-bond acceptors (Lipinski definition) is 4. The standard InChI is InChI=1S/C36H43FN4O2/c1-24-14-17-29(23-32(24)40-20-5-6-21-40)39-35(42)30-12-8-22-41(36(43)33-25(2)9-7-13-31(33)37)34(30)26-15-18-28(19-16-26)38-27-10-3-4-11-27/h7,9,13-19,23,27,30,34,38H,3-6,8,10-12,20-22H2,1-2H3,(H,39,42)/t30-,34-/m0/s1. The van der Waals surface area contributed by atoms with E-state index in [1.165, 1.54) is 50.2 Å². The third-order valence-electron chi connectivity index (χ3n) is 9.57. The van der Waals surface area contributed by atoms with Crippen LogP contribution < -0.4 is 15.5 Å². The average Bonchev–Trinajstić information content (AvgIpc) is 3.73. The lowest BCUT2D eigenvalue weighted by Crippen LogP contribution is -2.46. The summed E-state index contributed by atoms with van der Waals surface area (Å²) in [5.74, 6) is -1.48. The summed E-state index contributed by atoms with van der Waals surface area (Å²) in [6, 6.07) is 19.0. The quantitative estimate of drug-likeness (QED) is 0.301. The number of benzene rings is 3. The number of amides is 2. The van der Waals surface area contributed by atoms with Crippen LogP contribution in [0.3, 0.4) is 0 Å². The van der Waals surface area contributed by atoms with Gasteiger partial charge in [0.1, 0.15) is 5.82 Å². The summed E-state index contributed by atoms with van der Waals surface area (Å²) in [5, 5.41) is 6.83. The zero-order valence-electron chi connectivity index (χ0n) is 25.4. The van der Waals surface area contributed by atoms with E-state index in [0.29, 0.717) is 31.0 Å². The maximum absolute atomic E-state index is 15.0. The van der Waals surface area contributed by atoms with Crippen LogP contribution in [0.2, 0.25) is 0 Å². The van der Waals surface area contributed by atoms with Crippen molar-refractivity contribution in [2.75, 3.05) is 35.2 Å². The number of halogens is 1. The lowest BCUT2D eigenvalue weighted by Gasteiger charge is -2.41. The van der Waals surface area contributed by atoms with Gasteiger partial charge in [0.25, 0.3) is 5.91 Å². The maximum Gasteiger partial charge on any atom is 0.257 e. The Morgan fingerprint density at radius 2 is 1.51 bits per heavy atom. The Balaban J connectivity index is 1.30. The number of rotatable bonds is 7. The molecule has 0 bridgehead atoms.